The standard InChI is InChI=1S/C14H21FN2O2S/c1-14(2)7-3-4-13(14)17-20(18,19)12-6-5-10(9-16)8-11(12)15/h5-6,8,13,17H,3-4,7,9,16H2,1-2H3. The highest BCUT2D eigenvalue weighted by Gasteiger charge is 2.37. The first-order chi connectivity index (χ1) is 9.26. The van der Waals surface area contributed by atoms with Crippen molar-refractivity contribution in [2.45, 2.75) is 50.6 Å². The van der Waals surface area contributed by atoms with E-state index in [2.05, 4.69) is 4.72 Å². The van der Waals surface area contributed by atoms with Crippen molar-refractivity contribution >= 4 is 10.0 Å². The van der Waals surface area contributed by atoms with Crippen molar-refractivity contribution < 1.29 is 12.8 Å². The topological polar surface area (TPSA) is 72.2 Å². The molecule has 112 valence electrons. The minimum atomic E-state index is -3.84. The summed E-state index contributed by atoms with van der Waals surface area (Å²) in [5, 5.41) is 0. The zero-order valence-corrected chi connectivity index (χ0v) is 12.6. The van der Waals surface area contributed by atoms with Crippen molar-refractivity contribution in [3.05, 3.63) is 29.6 Å². The SMILES string of the molecule is CC1(C)CCCC1NS(=O)(=O)c1ccc(CN)cc1F. The maximum absolute atomic E-state index is 13.9. The lowest BCUT2D eigenvalue weighted by Crippen LogP contribution is -2.41. The van der Waals surface area contributed by atoms with Crippen molar-refractivity contribution in [2.24, 2.45) is 11.1 Å². The van der Waals surface area contributed by atoms with E-state index in [1.165, 1.54) is 18.2 Å². The minimum absolute atomic E-state index is 0.0965. The lowest BCUT2D eigenvalue weighted by atomic mass is 9.88. The molecule has 1 fully saturated rings. The third kappa shape index (κ3) is 3.02. The third-order valence-electron chi connectivity index (χ3n) is 4.08. The summed E-state index contributed by atoms with van der Waals surface area (Å²) in [4.78, 5) is -0.308. The normalized spacial score (nSPS) is 22.1. The van der Waals surface area contributed by atoms with Gasteiger partial charge in [-0.25, -0.2) is 17.5 Å². The van der Waals surface area contributed by atoms with Crippen LogP contribution in [0.15, 0.2) is 23.1 Å². The van der Waals surface area contributed by atoms with E-state index in [0.29, 0.717) is 5.56 Å². The summed E-state index contributed by atoms with van der Waals surface area (Å²) in [7, 11) is -3.84. The monoisotopic (exact) mass is 300 g/mol. The zero-order chi connectivity index (χ0) is 15.0. The van der Waals surface area contributed by atoms with Crippen LogP contribution in [0, 0.1) is 11.2 Å². The predicted molar refractivity (Wildman–Crippen MR) is 76.0 cm³/mol. The van der Waals surface area contributed by atoms with E-state index in [4.69, 9.17) is 5.73 Å². The van der Waals surface area contributed by atoms with E-state index >= 15 is 0 Å². The molecule has 1 unspecified atom stereocenters. The number of benzene rings is 1. The number of hydrogen-bond donors (Lipinski definition) is 2. The van der Waals surface area contributed by atoms with Crippen molar-refractivity contribution in [1.29, 1.82) is 0 Å². The zero-order valence-electron chi connectivity index (χ0n) is 11.8. The van der Waals surface area contributed by atoms with Crippen LogP contribution in [-0.4, -0.2) is 14.5 Å². The Morgan fingerprint density at radius 2 is 2.15 bits per heavy atom. The van der Waals surface area contributed by atoms with E-state index in [0.717, 1.165) is 19.3 Å². The van der Waals surface area contributed by atoms with Gasteiger partial charge in [-0.05, 0) is 36.0 Å². The predicted octanol–water partition coefficient (Wildman–Crippen LogP) is 2.14. The highest BCUT2D eigenvalue weighted by Crippen LogP contribution is 2.38. The van der Waals surface area contributed by atoms with Gasteiger partial charge in [-0.3, -0.25) is 0 Å². The lowest BCUT2D eigenvalue weighted by Gasteiger charge is -2.27. The summed E-state index contributed by atoms with van der Waals surface area (Å²) in [6.45, 7) is 4.24. The summed E-state index contributed by atoms with van der Waals surface area (Å²) in [6.07, 6.45) is 2.73. The van der Waals surface area contributed by atoms with E-state index in [1.54, 1.807) is 0 Å². The average Bonchev–Trinajstić information content (AvgIpc) is 2.67. The maximum atomic E-state index is 13.9. The fourth-order valence-corrected chi connectivity index (χ4v) is 4.19. The number of rotatable bonds is 4. The molecule has 4 nitrogen and oxygen atoms in total. The molecular weight excluding hydrogens is 279 g/mol. The quantitative estimate of drug-likeness (QED) is 0.895. The highest BCUT2D eigenvalue weighted by molar-refractivity contribution is 7.89. The van der Waals surface area contributed by atoms with E-state index in [9.17, 15) is 12.8 Å². The second-order valence-corrected chi connectivity index (χ2v) is 7.71. The van der Waals surface area contributed by atoms with Gasteiger partial charge in [0.2, 0.25) is 10.0 Å². The molecule has 0 heterocycles. The Morgan fingerprint density at radius 1 is 1.45 bits per heavy atom. The molecule has 1 aliphatic rings. The molecule has 0 radical (unpaired) electrons. The fourth-order valence-electron chi connectivity index (χ4n) is 2.69. The van der Waals surface area contributed by atoms with E-state index < -0.39 is 15.8 Å². The molecule has 1 aliphatic carbocycles. The summed E-state index contributed by atoms with van der Waals surface area (Å²) in [6, 6.07) is 3.84. The van der Waals surface area contributed by atoms with Crippen LogP contribution < -0.4 is 10.5 Å². The van der Waals surface area contributed by atoms with Gasteiger partial charge in [0, 0.05) is 12.6 Å². The van der Waals surface area contributed by atoms with Crippen LogP contribution in [0.1, 0.15) is 38.7 Å². The van der Waals surface area contributed by atoms with Gasteiger partial charge in [-0.1, -0.05) is 26.3 Å². The maximum Gasteiger partial charge on any atom is 0.243 e. The molecule has 1 aromatic carbocycles. The molecule has 0 aromatic heterocycles. The Labute approximate surface area is 119 Å². The molecule has 6 heteroatoms. The molecule has 2 rings (SSSR count). The number of halogens is 1. The molecule has 0 aliphatic heterocycles. The van der Waals surface area contributed by atoms with Gasteiger partial charge in [0.25, 0.3) is 0 Å². The smallest absolute Gasteiger partial charge is 0.243 e. The third-order valence-corrected chi connectivity index (χ3v) is 5.58. The first-order valence-corrected chi connectivity index (χ1v) is 8.25. The molecular formula is C14H21FN2O2S. The average molecular weight is 300 g/mol. The van der Waals surface area contributed by atoms with Crippen molar-refractivity contribution in [3.8, 4) is 0 Å². The Balaban J connectivity index is 2.27. The van der Waals surface area contributed by atoms with Gasteiger partial charge in [-0.2, -0.15) is 0 Å². The fraction of sp³-hybridized carbons (Fsp3) is 0.571. The van der Waals surface area contributed by atoms with Gasteiger partial charge < -0.3 is 5.73 Å². The second-order valence-electron chi connectivity index (χ2n) is 6.02. The first kappa shape index (κ1) is 15.4. The molecule has 1 atom stereocenters. The lowest BCUT2D eigenvalue weighted by molar-refractivity contribution is 0.312. The first-order valence-electron chi connectivity index (χ1n) is 6.77. The molecule has 1 saturated carbocycles. The Morgan fingerprint density at radius 3 is 2.65 bits per heavy atom. The van der Waals surface area contributed by atoms with Crippen LogP contribution in [0.2, 0.25) is 0 Å². The van der Waals surface area contributed by atoms with E-state index in [-0.39, 0.29) is 22.9 Å². The molecule has 3 N–H and O–H groups in total. The largest absolute Gasteiger partial charge is 0.326 e. The summed E-state index contributed by atoms with van der Waals surface area (Å²) in [5.74, 6) is -0.753. The van der Waals surface area contributed by atoms with Crippen LogP contribution in [-0.2, 0) is 16.6 Å². The number of nitrogens with two attached hydrogens (primary N) is 1. The molecule has 20 heavy (non-hydrogen) atoms. The number of nitrogens with one attached hydrogen (secondary N) is 1. The van der Waals surface area contributed by atoms with Gasteiger partial charge >= 0.3 is 0 Å². The van der Waals surface area contributed by atoms with Gasteiger partial charge in [-0.15, -0.1) is 0 Å². The Bertz CT molecular complexity index is 599. The van der Waals surface area contributed by atoms with Crippen LogP contribution in [0.3, 0.4) is 0 Å². The number of sulfonamides is 1. The molecule has 0 spiro atoms. The van der Waals surface area contributed by atoms with E-state index in [1.807, 2.05) is 13.8 Å². The van der Waals surface area contributed by atoms with Crippen molar-refractivity contribution in [3.63, 3.8) is 0 Å². The van der Waals surface area contributed by atoms with Crippen LogP contribution in [0.25, 0.3) is 0 Å². The molecule has 0 bridgehead atoms. The molecule has 0 amide bonds. The summed E-state index contributed by atoms with van der Waals surface area (Å²) >= 11 is 0. The summed E-state index contributed by atoms with van der Waals surface area (Å²) in [5.41, 5.74) is 5.89. The van der Waals surface area contributed by atoms with Crippen molar-refractivity contribution in [2.75, 3.05) is 0 Å². The summed E-state index contributed by atoms with van der Waals surface area (Å²) < 4.78 is 41.2. The van der Waals surface area contributed by atoms with Gasteiger partial charge in [0.05, 0.1) is 0 Å². The van der Waals surface area contributed by atoms with Gasteiger partial charge in [0.15, 0.2) is 0 Å². The highest BCUT2D eigenvalue weighted by atomic mass is 32.2. The van der Waals surface area contributed by atoms with Crippen LogP contribution in [0.4, 0.5) is 4.39 Å². The Kier molecular flexibility index (Phi) is 4.18. The minimum Gasteiger partial charge on any atom is -0.326 e. The second kappa shape index (κ2) is 5.42. The number of hydrogen-bond acceptors (Lipinski definition) is 3. The van der Waals surface area contributed by atoms with Crippen LogP contribution in [0.5, 0.6) is 0 Å². The van der Waals surface area contributed by atoms with Gasteiger partial charge in [0.1, 0.15) is 10.7 Å². The molecule has 1 aromatic rings. The van der Waals surface area contributed by atoms with Crippen molar-refractivity contribution in [1.82, 2.24) is 4.72 Å². The Hall–Kier alpha value is -0.980. The molecule has 0 saturated heterocycles. The van der Waals surface area contributed by atoms with Crippen LogP contribution >= 0.6 is 0 Å².